The SMILES string of the molecule is Cc1cc(F)ccc1S(=O)(=O)NC(C)(C)CO. The molecule has 6 heteroatoms. The summed E-state index contributed by atoms with van der Waals surface area (Å²) in [5, 5.41) is 9.03. The van der Waals surface area contributed by atoms with Gasteiger partial charge in [-0.2, -0.15) is 0 Å². The first-order valence-electron chi connectivity index (χ1n) is 5.09. The maximum atomic E-state index is 12.9. The third kappa shape index (κ3) is 3.49. The molecule has 0 saturated heterocycles. The molecule has 0 fully saturated rings. The minimum Gasteiger partial charge on any atom is -0.394 e. The van der Waals surface area contributed by atoms with E-state index in [0.29, 0.717) is 5.56 Å². The Labute approximate surface area is 101 Å². The summed E-state index contributed by atoms with van der Waals surface area (Å²) in [5.74, 6) is -0.483. The normalized spacial score (nSPS) is 12.8. The van der Waals surface area contributed by atoms with Crippen LogP contribution in [0.1, 0.15) is 19.4 Å². The lowest BCUT2D eigenvalue weighted by Crippen LogP contribution is -2.46. The van der Waals surface area contributed by atoms with Crippen LogP contribution in [-0.2, 0) is 10.0 Å². The molecule has 2 N–H and O–H groups in total. The van der Waals surface area contributed by atoms with Gasteiger partial charge in [0.1, 0.15) is 5.82 Å². The average Bonchev–Trinajstić information content (AvgIpc) is 2.15. The molecule has 0 spiro atoms. The fraction of sp³-hybridized carbons (Fsp3) is 0.455. The molecule has 0 radical (unpaired) electrons. The van der Waals surface area contributed by atoms with Crippen LogP contribution in [0.15, 0.2) is 23.1 Å². The van der Waals surface area contributed by atoms with Gasteiger partial charge in [-0.15, -0.1) is 0 Å². The Morgan fingerprint density at radius 3 is 2.47 bits per heavy atom. The zero-order chi connectivity index (χ0) is 13.3. The molecule has 0 aliphatic heterocycles. The Morgan fingerprint density at radius 1 is 1.41 bits per heavy atom. The van der Waals surface area contributed by atoms with Crippen molar-refractivity contribution in [1.82, 2.24) is 4.72 Å². The maximum Gasteiger partial charge on any atom is 0.241 e. The highest BCUT2D eigenvalue weighted by Gasteiger charge is 2.26. The van der Waals surface area contributed by atoms with Crippen LogP contribution in [0.3, 0.4) is 0 Å². The lowest BCUT2D eigenvalue weighted by molar-refractivity contribution is 0.208. The van der Waals surface area contributed by atoms with E-state index in [9.17, 15) is 12.8 Å². The van der Waals surface area contributed by atoms with Crippen LogP contribution in [0.5, 0.6) is 0 Å². The quantitative estimate of drug-likeness (QED) is 0.855. The number of aryl methyl sites for hydroxylation is 1. The van der Waals surface area contributed by atoms with E-state index in [1.807, 2.05) is 0 Å². The predicted molar refractivity (Wildman–Crippen MR) is 62.6 cm³/mol. The first-order chi connectivity index (χ1) is 7.68. The van der Waals surface area contributed by atoms with Crippen LogP contribution < -0.4 is 4.72 Å². The number of aliphatic hydroxyl groups is 1. The number of nitrogens with one attached hydrogen (secondary N) is 1. The summed E-state index contributed by atoms with van der Waals surface area (Å²) in [6, 6.07) is 3.45. The summed E-state index contributed by atoms with van der Waals surface area (Å²) in [6.45, 7) is 4.31. The number of halogens is 1. The van der Waals surface area contributed by atoms with E-state index in [1.54, 1.807) is 13.8 Å². The van der Waals surface area contributed by atoms with Gasteiger partial charge in [0.05, 0.1) is 17.0 Å². The van der Waals surface area contributed by atoms with Gasteiger partial charge in [-0.3, -0.25) is 0 Å². The first kappa shape index (κ1) is 14.1. The molecule has 0 saturated carbocycles. The summed E-state index contributed by atoms with van der Waals surface area (Å²) in [7, 11) is -3.75. The minimum atomic E-state index is -3.75. The van der Waals surface area contributed by atoms with Gasteiger partial charge in [0.15, 0.2) is 0 Å². The van der Waals surface area contributed by atoms with Crippen molar-refractivity contribution in [3.63, 3.8) is 0 Å². The van der Waals surface area contributed by atoms with Crippen molar-refractivity contribution in [3.8, 4) is 0 Å². The Balaban J connectivity index is 3.14. The molecular weight excluding hydrogens is 245 g/mol. The largest absolute Gasteiger partial charge is 0.394 e. The molecule has 96 valence electrons. The highest BCUT2D eigenvalue weighted by atomic mass is 32.2. The second-order valence-corrected chi connectivity index (χ2v) is 6.21. The molecule has 4 nitrogen and oxygen atoms in total. The molecule has 1 rings (SSSR count). The summed E-state index contributed by atoms with van der Waals surface area (Å²) in [5.41, 5.74) is -0.633. The molecule has 17 heavy (non-hydrogen) atoms. The second-order valence-electron chi connectivity index (χ2n) is 4.56. The van der Waals surface area contributed by atoms with Crippen molar-refractivity contribution in [3.05, 3.63) is 29.6 Å². The van der Waals surface area contributed by atoms with E-state index in [4.69, 9.17) is 5.11 Å². The predicted octanol–water partition coefficient (Wildman–Crippen LogP) is 1.18. The van der Waals surface area contributed by atoms with Gasteiger partial charge in [-0.25, -0.2) is 17.5 Å². The van der Waals surface area contributed by atoms with Gasteiger partial charge >= 0.3 is 0 Å². The fourth-order valence-corrected chi connectivity index (χ4v) is 3.00. The number of aliphatic hydroxyl groups excluding tert-OH is 1. The summed E-state index contributed by atoms with van der Waals surface area (Å²) < 4.78 is 39.2. The van der Waals surface area contributed by atoms with E-state index in [1.165, 1.54) is 13.0 Å². The monoisotopic (exact) mass is 261 g/mol. The number of hydrogen-bond donors (Lipinski definition) is 2. The van der Waals surface area contributed by atoms with Crippen molar-refractivity contribution in [2.45, 2.75) is 31.2 Å². The molecule has 1 aromatic carbocycles. The topological polar surface area (TPSA) is 66.4 Å². The third-order valence-corrected chi connectivity index (χ3v) is 4.09. The van der Waals surface area contributed by atoms with Crippen LogP contribution in [0, 0.1) is 12.7 Å². The number of sulfonamides is 1. The number of hydrogen-bond acceptors (Lipinski definition) is 3. The number of benzene rings is 1. The van der Waals surface area contributed by atoms with Crippen LogP contribution in [0.2, 0.25) is 0 Å². The zero-order valence-corrected chi connectivity index (χ0v) is 10.8. The highest BCUT2D eigenvalue weighted by molar-refractivity contribution is 7.89. The van der Waals surface area contributed by atoms with Crippen molar-refractivity contribution < 1.29 is 17.9 Å². The van der Waals surface area contributed by atoms with Gasteiger partial charge in [0, 0.05) is 0 Å². The van der Waals surface area contributed by atoms with Gasteiger partial charge in [-0.1, -0.05) is 0 Å². The Kier molecular flexibility index (Phi) is 3.91. The fourth-order valence-electron chi connectivity index (χ4n) is 1.37. The molecule has 0 aromatic heterocycles. The Morgan fingerprint density at radius 2 is 2.00 bits per heavy atom. The Hall–Kier alpha value is -0.980. The summed E-state index contributed by atoms with van der Waals surface area (Å²) in [6.07, 6.45) is 0. The molecule has 0 aliphatic carbocycles. The smallest absolute Gasteiger partial charge is 0.241 e. The van der Waals surface area contributed by atoms with Crippen molar-refractivity contribution in [2.24, 2.45) is 0 Å². The van der Waals surface area contributed by atoms with E-state index in [2.05, 4.69) is 4.72 Å². The van der Waals surface area contributed by atoms with Gasteiger partial charge < -0.3 is 5.11 Å². The summed E-state index contributed by atoms with van der Waals surface area (Å²) >= 11 is 0. The van der Waals surface area contributed by atoms with E-state index >= 15 is 0 Å². The molecule has 0 atom stereocenters. The van der Waals surface area contributed by atoms with Gasteiger partial charge in [-0.05, 0) is 44.5 Å². The lowest BCUT2D eigenvalue weighted by atomic mass is 10.1. The molecule has 0 aliphatic rings. The van der Waals surface area contributed by atoms with Crippen molar-refractivity contribution in [1.29, 1.82) is 0 Å². The average molecular weight is 261 g/mol. The van der Waals surface area contributed by atoms with Crippen LogP contribution in [0.4, 0.5) is 4.39 Å². The maximum absolute atomic E-state index is 12.9. The van der Waals surface area contributed by atoms with E-state index in [0.717, 1.165) is 12.1 Å². The second kappa shape index (κ2) is 4.72. The molecule has 0 heterocycles. The highest BCUT2D eigenvalue weighted by Crippen LogP contribution is 2.18. The van der Waals surface area contributed by atoms with Gasteiger partial charge in [0.2, 0.25) is 10.0 Å². The van der Waals surface area contributed by atoms with Crippen LogP contribution >= 0.6 is 0 Å². The third-order valence-electron chi connectivity index (χ3n) is 2.23. The molecular formula is C11H16FNO3S. The minimum absolute atomic E-state index is 0.0143. The molecule has 1 aromatic rings. The Bertz CT molecular complexity index is 511. The molecule has 0 amide bonds. The van der Waals surface area contributed by atoms with Gasteiger partial charge in [0.25, 0.3) is 0 Å². The van der Waals surface area contributed by atoms with Crippen molar-refractivity contribution >= 4 is 10.0 Å². The standard InChI is InChI=1S/C11H16FNO3S/c1-8-6-9(12)4-5-10(8)17(15,16)13-11(2,3)7-14/h4-6,13-14H,7H2,1-3H3. The molecule has 0 unspecified atom stereocenters. The van der Waals surface area contributed by atoms with Crippen LogP contribution in [0.25, 0.3) is 0 Å². The van der Waals surface area contributed by atoms with Crippen molar-refractivity contribution in [2.75, 3.05) is 6.61 Å². The molecule has 0 bridgehead atoms. The van der Waals surface area contributed by atoms with E-state index in [-0.39, 0.29) is 11.5 Å². The summed E-state index contributed by atoms with van der Waals surface area (Å²) in [4.78, 5) is 0.0143. The van der Waals surface area contributed by atoms with Crippen LogP contribution in [-0.4, -0.2) is 25.7 Å². The number of rotatable bonds is 4. The zero-order valence-electron chi connectivity index (χ0n) is 9.99. The van der Waals surface area contributed by atoms with E-state index < -0.39 is 21.4 Å². The lowest BCUT2D eigenvalue weighted by Gasteiger charge is -2.23. The first-order valence-corrected chi connectivity index (χ1v) is 6.57.